The van der Waals surface area contributed by atoms with Gasteiger partial charge in [0.25, 0.3) is 0 Å². The van der Waals surface area contributed by atoms with Gasteiger partial charge >= 0.3 is 12.1 Å². The molecule has 0 amide bonds. The Morgan fingerprint density at radius 3 is 2.50 bits per heavy atom. The Balaban J connectivity index is 2.37. The second-order valence-corrected chi connectivity index (χ2v) is 10.2. The number of furan rings is 1. The molecule has 1 heterocycles. The maximum atomic E-state index is 13.1. The molecule has 2 N–H and O–H groups in total. The van der Waals surface area contributed by atoms with E-state index in [4.69, 9.17) is 14.6 Å². The second kappa shape index (κ2) is 11.2. The number of sulfone groups is 1. The van der Waals surface area contributed by atoms with E-state index in [0.29, 0.717) is 12.1 Å². The number of carbonyl (C=O) groups excluding carboxylic acids is 1. The van der Waals surface area contributed by atoms with Crippen LogP contribution in [-0.2, 0) is 19.4 Å². The summed E-state index contributed by atoms with van der Waals surface area (Å²) in [6.45, 7) is 0.0706. The highest BCUT2D eigenvalue weighted by Gasteiger charge is 2.38. The number of benzene rings is 1. The molecule has 0 fully saturated rings. The van der Waals surface area contributed by atoms with Gasteiger partial charge in [-0.1, -0.05) is 12.1 Å². The molecule has 8 nitrogen and oxygen atoms in total. The highest BCUT2D eigenvalue weighted by atomic mass is 79.9. The molecule has 34 heavy (non-hydrogen) atoms. The van der Waals surface area contributed by atoms with Crippen LogP contribution in [0.3, 0.4) is 0 Å². The van der Waals surface area contributed by atoms with Gasteiger partial charge in [-0.15, -0.1) is 0 Å². The highest BCUT2D eigenvalue weighted by Crippen LogP contribution is 2.32. The molecule has 186 valence electrons. The first-order chi connectivity index (χ1) is 15.7. The van der Waals surface area contributed by atoms with E-state index in [1.165, 1.54) is 30.3 Å². The number of nitrogens with zero attached hydrogens (tertiary/aromatic N) is 1. The quantitative estimate of drug-likeness (QED) is 0.333. The summed E-state index contributed by atoms with van der Waals surface area (Å²) in [5, 5.41) is 9.98. The second-order valence-electron chi connectivity index (χ2n) is 7.40. The summed E-state index contributed by atoms with van der Waals surface area (Å²) in [5.74, 6) is -0.653. The van der Waals surface area contributed by atoms with E-state index < -0.39 is 38.7 Å². The van der Waals surface area contributed by atoms with Gasteiger partial charge in [0.2, 0.25) is 0 Å². The van der Waals surface area contributed by atoms with Crippen LogP contribution >= 0.6 is 15.9 Å². The summed E-state index contributed by atoms with van der Waals surface area (Å²) in [6.07, 6.45) is -3.92. The fourth-order valence-corrected chi connectivity index (χ4v) is 3.81. The maximum Gasteiger partial charge on any atom is 0.433 e. The molecule has 0 radical (unpaired) electrons. The number of ether oxygens (including phenoxy) is 1. The molecular weight excluding hydrogens is 543 g/mol. The number of hydrogen-bond donors (Lipinski definition) is 2. The van der Waals surface area contributed by atoms with Gasteiger partial charge in [0.15, 0.2) is 21.3 Å². The van der Waals surface area contributed by atoms with Crippen LogP contribution in [0.1, 0.15) is 5.76 Å². The number of alkyl halides is 3. The largest absolute Gasteiger partial charge is 0.463 e. The van der Waals surface area contributed by atoms with Crippen LogP contribution in [0.5, 0.6) is 0 Å². The normalized spacial score (nSPS) is 12.9. The fraction of sp³-hybridized carbons (Fsp3) is 0.333. The van der Waals surface area contributed by atoms with E-state index >= 15 is 0 Å². The highest BCUT2D eigenvalue weighted by molar-refractivity contribution is 9.12. The zero-order chi connectivity index (χ0) is 25.7. The SMILES string of the molecule is CN(C)CCOC(=O)CN/C(=C(/Br)C(=N)C(F)(F)F)c1ccc(-c2cccc(S(C)(=O)=O)c2)o1. The fourth-order valence-electron chi connectivity index (χ4n) is 2.58. The number of esters is 1. The zero-order valence-corrected chi connectivity index (χ0v) is 20.9. The minimum absolute atomic E-state index is 0.0392. The lowest BCUT2D eigenvalue weighted by atomic mass is 10.2. The van der Waals surface area contributed by atoms with Crippen LogP contribution in [0.2, 0.25) is 0 Å². The molecule has 2 aromatic rings. The van der Waals surface area contributed by atoms with Crippen molar-refractivity contribution in [2.45, 2.75) is 11.1 Å². The van der Waals surface area contributed by atoms with Crippen molar-refractivity contribution in [2.75, 3.05) is 40.0 Å². The Kier molecular flexibility index (Phi) is 9.08. The van der Waals surface area contributed by atoms with E-state index in [-0.39, 0.29) is 28.7 Å². The summed E-state index contributed by atoms with van der Waals surface area (Å²) in [4.78, 5) is 13.8. The van der Waals surface area contributed by atoms with Crippen LogP contribution in [0, 0.1) is 5.41 Å². The minimum atomic E-state index is -4.96. The van der Waals surface area contributed by atoms with E-state index in [9.17, 15) is 26.4 Å². The third-order valence-corrected chi connectivity index (χ3v) is 6.24. The number of carbonyl (C=O) groups is 1. The lowest BCUT2D eigenvalue weighted by Gasteiger charge is -2.15. The summed E-state index contributed by atoms with van der Waals surface area (Å²) < 4.78 is 73.1. The molecule has 1 aromatic heterocycles. The first-order valence-corrected chi connectivity index (χ1v) is 12.4. The first kappa shape index (κ1) is 27.6. The Morgan fingerprint density at radius 1 is 1.24 bits per heavy atom. The molecule has 13 heteroatoms. The Bertz CT molecular complexity index is 1190. The van der Waals surface area contributed by atoms with Crippen molar-refractivity contribution in [1.29, 1.82) is 5.41 Å². The van der Waals surface area contributed by atoms with Crippen LogP contribution in [0.25, 0.3) is 17.0 Å². The minimum Gasteiger partial charge on any atom is -0.463 e. The molecule has 0 atom stereocenters. The number of nitrogens with one attached hydrogen (secondary N) is 2. The molecule has 0 unspecified atom stereocenters. The number of allylic oxidation sites excluding steroid dienone is 1. The molecule has 0 aliphatic rings. The number of likely N-dealkylation sites (N-methyl/N-ethyl adjacent to an activating group) is 1. The monoisotopic (exact) mass is 565 g/mol. The van der Waals surface area contributed by atoms with Crippen molar-refractivity contribution in [2.24, 2.45) is 0 Å². The Morgan fingerprint density at radius 2 is 1.91 bits per heavy atom. The summed E-state index contributed by atoms with van der Waals surface area (Å²) in [5.41, 5.74) is -1.61. The Labute approximate surface area is 203 Å². The van der Waals surface area contributed by atoms with Crippen molar-refractivity contribution in [3.63, 3.8) is 0 Å². The smallest absolute Gasteiger partial charge is 0.433 e. The van der Waals surface area contributed by atoms with E-state index in [1.807, 2.05) is 0 Å². The van der Waals surface area contributed by atoms with Gasteiger partial charge in [-0.25, -0.2) is 8.42 Å². The lowest BCUT2D eigenvalue weighted by Crippen LogP contribution is -2.29. The van der Waals surface area contributed by atoms with Crippen molar-refractivity contribution >= 4 is 43.1 Å². The molecule has 2 rings (SSSR count). The van der Waals surface area contributed by atoms with E-state index in [0.717, 1.165) is 6.26 Å². The molecule has 0 spiro atoms. The molecule has 1 aromatic carbocycles. The van der Waals surface area contributed by atoms with Gasteiger partial charge in [-0.2, -0.15) is 13.2 Å². The van der Waals surface area contributed by atoms with Crippen LogP contribution < -0.4 is 5.32 Å². The van der Waals surface area contributed by atoms with Gasteiger partial charge in [0.1, 0.15) is 18.9 Å². The van der Waals surface area contributed by atoms with E-state index in [2.05, 4.69) is 21.2 Å². The molecule has 0 aliphatic carbocycles. The van der Waals surface area contributed by atoms with Crippen molar-refractivity contribution in [1.82, 2.24) is 10.2 Å². The number of hydrogen-bond acceptors (Lipinski definition) is 8. The van der Waals surface area contributed by atoms with Crippen LogP contribution in [-0.4, -0.2) is 71.2 Å². The van der Waals surface area contributed by atoms with E-state index in [1.54, 1.807) is 25.1 Å². The van der Waals surface area contributed by atoms with Crippen LogP contribution in [0.4, 0.5) is 13.2 Å². The van der Waals surface area contributed by atoms with Crippen molar-refractivity contribution in [3.05, 3.63) is 46.6 Å². The predicted octanol–water partition coefficient (Wildman–Crippen LogP) is 3.69. The summed E-state index contributed by atoms with van der Waals surface area (Å²) in [6, 6.07) is 8.62. The zero-order valence-electron chi connectivity index (χ0n) is 18.5. The van der Waals surface area contributed by atoms with Gasteiger partial charge in [0.05, 0.1) is 15.1 Å². The molecule has 0 saturated heterocycles. The number of rotatable bonds is 10. The van der Waals surface area contributed by atoms with Gasteiger partial charge in [0, 0.05) is 18.4 Å². The summed E-state index contributed by atoms with van der Waals surface area (Å²) in [7, 11) is 0.0756. The topological polar surface area (TPSA) is 113 Å². The Hall–Kier alpha value is -2.64. The van der Waals surface area contributed by atoms with Gasteiger partial charge < -0.3 is 19.4 Å². The lowest BCUT2D eigenvalue weighted by molar-refractivity contribution is -0.142. The molecule has 0 saturated carbocycles. The van der Waals surface area contributed by atoms with Crippen molar-refractivity contribution in [3.8, 4) is 11.3 Å². The average molecular weight is 566 g/mol. The molecule has 0 bridgehead atoms. The van der Waals surface area contributed by atoms with Crippen molar-refractivity contribution < 1.29 is 35.5 Å². The third kappa shape index (κ3) is 7.71. The average Bonchev–Trinajstić information content (AvgIpc) is 3.21. The maximum absolute atomic E-state index is 13.1. The molecular formula is C21H23BrF3N3O5S. The predicted molar refractivity (Wildman–Crippen MR) is 124 cm³/mol. The number of halogens is 4. The molecule has 0 aliphatic heterocycles. The third-order valence-electron chi connectivity index (χ3n) is 4.33. The van der Waals surface area contributed by atoms with Gasteiger partial charge in [-0.05, 0) is 54.3 Å². The van der Waals surface area contributed by atoms with Crippen LogP contribution in [0.15, 0.2) is 50.2 Å². The standard InChI is InChI=1S/C21H23BrF3N3O5S/c1-28(2)9-10-32-17(29)12-27-19(18(22)20(26)21(23,24)25)16-8-7-15(33-16)13-5-4-6-14(11-13)34(3,30)31/h4-8,11,26-27H,9-10,12H2,1-3H3/b19-18+,26-20?. The van der Waals surface area contributed by atoms with Gasteiger partial charge in [-0.3, -0.25) is 10.2 Å². The summed E-state index contributed by atoms with van der Waals surface area (Å²) >= 11 is 2.78. The first-order valence-electron chi connectivity index (χ1n) is 9.71.